The summed E-state index contributed by atoms with van der Waals surface area (Å²) >= 11 is 3.61. The molecule has 10 heteroatoms. The number of carbonyl (C=O) groups is 3. The van der Waals surface area contributed by atoms with Crippen molar-refractivity contribution >= 4 is 39.4 Å². The van der Waals surface area contributed by atoms with Crippen LogP contribution in [0.15, 0.2) is 16.6 Å². The molecule has 2 aliphatic rings. The van der Waals surface area contributed by atoms with E-state index in [1.807, 2.05) is 46.4 Å². The number of hydroxylamine groups is 2. The molecule has 39 heavy (non-hydrogen) atoms. The molecule has 218 valence electrons. The molecule has 0 spiro atoms. The fraction of sp³-hybridized carbons (Fsp3) is 0.690. The molecule has 1 aromatic carbocycles. The third-order valence-corrected chi connectivity index (χ3v) is 8.03. The number of benzene rings is 1. The van der Waals surface area contributed by atoms with Crippen LogP contribution in [0.25, 0.3) is 0 Å². The summed E-state index contributed by atoms with van der Waals surface area (Å²) in [5, 5.41) is 1.68. The highest BCUT2D eigenvalue weighted by Crippen LogP contribution is 2.43. The van der Waals surface area contributed by atoms with Gasteiger partial charge >= 0.3 is 5.97 Å². The molecule has 0 aliphatic carbocycles. The molecule has 0 bridgehead atoms. The molecule has 2 heterocycles. The SMILES string of the molecule is CCC1(C)Oc2cc(Br)c(C(=O)N(C(C)C)C3CCCN(OC(=O)C(C)(C)C)C3)cc2N(CCCOC)C1=O. The van der Waals surface area contributed by atoms with Crippen LogP contribution in [0.4, 0.5) is 5.69 Å². The number of hydrogen-bond acceptors (Lipinski definition) is 7. The van der Waals surface area contributed by atoms with Crippen LogP contribution in [0.2, 0.25) is 0 Å². The van der Waals surface area contributed by atoms with Crippen molar-refractivity contribution in [3.63, 3.8) is 0 Å². The lowest BCUT2D eigenvalue weighted by atomic mass is 9.96. The van der Waals surface area contributed by atoms with Crippen LogP contribution in [-0.2, 0) is 19.2 Å². The van der Waals surface area contributed by atoms with Gasteiger partial charge in [0.2, 0.25) is 0 Å². The molecule has 2 atom stereocenters. The maximum absolute atomic E-state index is 14.1. The van der Waals surface area contributed by atoms with Gasteiger partial charge in [-0.1, -0.05) is 6.92 Å². The molecule has 0 radical (unpaired) electrons. The third kappa shape index (κ3) is 6.95. The number of hydrogen-bond donors (Lipinski definition) is 0. The highest BCUT2D eigenvalue weighted by atomic mass is 79.9. The summed E-state index contributed by atoms with van der Waals surface area (Å²) in [5.74, 6) is -0.00504. The Morgan fingerprint density at radius 2 is 1.97 bits per heavy atom. The fourth-order valence-electron chi connectivity index (χ4n) is 4.94. The number of nitrogens with zero attached hydrogens (tertiary/aromatic N) is 3. The van der Waals surface area contributed by atoms with Crippen LogP contribution in [0.3, 0.4) is 0 Å². The Kier molecular flexibility index (Phi) is 10.1. The van der Waals surface area contributed by atoms with Crippen LogP contribution in [0, 0.1) is 5.41 Å². The van der Waals surface area contributed by atoms with Gasteiger partial charge in [0.1, 0.15) is 5.75 Å². The maximum Gasteiger partial charge on any atom is 0.330 e. The van der Waals surface area contributed by atoms with Gasteiger partial charge in [-0.05, 0) is 95.3 Å². The van der Waals surface area contributed by atoms with Gasteiger partial charge in [0.15, 0.2) is 5.60 Å². The minimum Gasteiger partial charge on any atom is -0.475 e. The maximum atomic E-state index is 14.1. The number of amides is 2. The van der Waals surface area contributed by atoms with Gasteiger partial charge in [0.05, 0.1) is 23.2 Å². The summed E-state index contributed by atoms with van der Waals surface area (Å²) in [7, 11) is 1.64. The second kappa shape index (κ2) is 12.6. The molecule has 0 aromatic heterocycles. The zero-order valence-electron chi connectivity index (χ0n) is 24.6. The van der Waals surface area contributed by atoms with Crippen LogP contribution in [0.5, 0.6) is 5.75 Å². The van der Waals surface area contributed by atoms with E-state index in [4.69, 9.17) is 14.3 Å². The van der Waals surface area contributed by atoms with E-state index in [0.29, 0.717) is 60.6 Å². The predicted molar refractivity (Wildman–Crippen MR) is 154 cm³/mol. The zero-order valence-corrected chi connectivity index (χ0v) is 26.2. The number of rotatable bonds is 9. The standard InChI is InChI=1S/C29H44BrN3O6/c1-9-29(7)26(35)32(14-11-15-37-8)23-16-21(22(30)17-24(23)38-29)25(34)33(19(2)3)20-12-10-13-31(18-20)39-27(36)28(4,5)6/h16-17,19-20H,9-15,18H2,1-8H3. The molecule has 1 fully saturated rings. The molecule has 2 unspecified atom stereocenters. The van der Waals surface area contributed by atoms with Crippen molar-refractivity contribution in [3.8, 4) is 5.75 Å². The summed E-state index contributed by atoms with van der Waals surface area (Å²) < 4.78 is 12.0. The molecule has 9 nitrogen and oxygen atoms in total. The lowest BCUT2D eigenvalue weighted by molar-refractivity contribution is -0.208. The van der Waals surface area contributed by atoms with Crippen LogP contribution in [0.1, 0.15) is 84.5 Å². The smallest absolute Gasteiger partial charge is 0.330 e. The third-order valence-electron chi connectivity index (χ3n) is 7.38. The molecule has 2 amide bonds. The summed E-state index contributed by atoms with van der Waals surface area (Å²) in [5.41, 5.74) is -0.552. The van der Waals surface area contributed by atoms with E-state index in [2.05, 4.69) is 15.9 Å². The van der Waals surface area contributed by atoms with Crippen LogP contribution >= 0.6 is 15.9 Å². The van der Waals surface area contributed by atoms with Gasteiger partial charge in [0.25, 0.3) is 11.8 Å². The Balaban J connectivity index is 1.93. The van der Waals surface area contributed by atoms with Crippen molar-refractivity contribution in [2.45, 2.75) is 91.8 Å². The van der Waals surface area contributed by atoms with Crippen molar-refractivity contribution in [1.82, 2.24) is 9.96 Å². The van der Waals surface area contributed by atoms with E-state index in [1.165, 1.54) is 0 Å². The van der Waals surface area contributed by atoms with Crippen LogP contribution < -0.4 is 9.64 Å². The number of halogens is 1. The number of ether oxygens (including phenoxy) is 2. The molecule has 1 saturated heterocycles. The number of fused-ring (bicyclic) bond motifs is 1. The first kappa shape index (κ1) is 31.4. The van der Waals surface area contributed by atoms with E-state index in [1.54, 1.807) is 36.1 Å². The number of piperidine rings is 1. The van der Waals surface area contributed by atoms with Crippen LogP contribution in [-0.4, -0.2) is 78.8 Å². The Bertz CT molecular complexity index is 1070. The van der Waals surface area contributed by atoms with E-state index in [9.17, 15) is 14.4 Å². The monoisotopic (exact) mass is 609 g/mol. The second-order valence-corrected chi connectivity index (χ2v) is 12.8. The van der Waals surface area contributed by atoms with Gasteiger partial charge in [-0.15, -0.1) is 5.06 Å². The zero-order chi connectivity index (χ0) is 29.1. The average molecular weight is 611 g/mol. The van der Waals surface area contributed by atoms with Crippen molar-refractivity contribution in [3.05, 3.63) is 22.2 Å². The van der Waals surface area contributed by atoms with E-state index in [0.717, 1.165) is 12.8 Å². The second-order valence-electron chi connectivity index (χ2n) is 11.9. The predicted octanol–water partition coefficient (Wildman–Crippen LogP) is 5.20. The molecular formula is C29H44BrN3O6. The van der Waals surface area contributed by atoms with Gasteiger partial charge < -0.3 is 24.1 Å². The van der Waals surface area contributed by atoms with Crippen molar-refractivity contribution in [1.29, 1.82) is 0 Å². The lowest BCUT2D eigenvalue weighted by Crippen LogP contribution is -2.55. The average Bonchev–Trinajstić information content (AvgIpc) is 2.85. The largest absolute Gasteiger partial charge is 0.475 e. The summed E-state index contributed by atoms with van der Waals surface area (Å²) in [6, 6.07) is 3.32. The lowest BCUT2D eigenvalue weighted by Gasteiger charge is -2.42. The van der Waals surface area contributed by atoms with Gasteiger partial charge in [-0.3, -0.25) is 9.59 Å². The topological polar surface area (TPSA) is 88.6 Å². The summed E-state index contributed by atoms with van der Waals surface area (Å²) in [6.45, 7) is 15.2. The molecule has 0 saturated carbocycles. The minimum absolute atomic E-state index is 0.0947. The van der Waals surface area contributed by atoms with E-state index < -0.39 is 11.0 Å². The Morgan fingerprint density at radius 1 is 1.28 bits per heavy atom. The molecule has 2 aliphatic heterocycles. The number of methoxy groups -OCH3 is 1. The summed E-state index contributed by atoms with van der Waals surface area (Å²) in [6.07, 6.45) is 2.78. The van der Waals surface area contributed by atoms with Gasteiger partial charge in [0, 0.05) is 43.4 Å². The number of carbonyl (C=O) groups excluding carboxylic acids is 3. The van der Waals surface area contributed by atoms with Crippen molar-refractivity contribution in [2.75, 3.05) is 38.3 Å². The number of anilines is 1. The Hall–Kier alpha value is -2.17. The van der Waals surface area contributed by atoms with E-state index >= 15 is 0 Å². The fourth-order valence-corrected chi connectivity index (χ4v) is 5.43. The summed E-state index contributed by atoms with van der Waals surface area (Å²) in [4.78, 5) is 49.4. The molecule has 0 N–H and O–H groups in total. The minimum atomic E-state index is -0.981. The Labute approximate surface area is 241 Å². The highest BCUT2D eigenvalue weighted by Gasteiger charge is 2.44. The van der Waals surface area contributed by atoms with E-state index in [-0.39, 0.29) is 29.9 Å². The molecule has 1 aromatic rings. The Morgan fingerprint density at radius 3 is 2.56 bits per heavy atom. The van der Waals surface area contributed by atoms with Gasteiger partial charge in [-0.2, -0.15) is 0 Å². The van der Waals surface area contributed by atoms with Crippen molar-refractivity contribution < 1.29 is 28.7 Å². The van der Waals surface area contributed by atoms with Gasteiger partial charge in [-0.25, -0.2) is 4.79 Å². The first-order valence-corrected chi connectivity index (χ1v) is 14.7. The van der Waals surface area contributed by atoms with Crippen molar-refractivity contribution in [2.24, 2.45) is 5.41 Å². The normalized spacial score (nSPS) is 21.9. The highest BCUT2D eigenvalue weighted by molar-refractivity contribution is 9.10. The first-order chi connectivity index (χ1) is 18.2. The molecular weight excluding hydrogens is 566 g/mol. The first-order valence-electron chi connectivity index (χ1n) is 13.9. The quantitative estimate of drug-likeness (QED) is 0.356. The molecule has 3 rings (SSSR count).